The Kier molecular flexibility index (Phi) is 6.45. The fraction of sp³-hybridized carbons (Fsp3) is 0.316. The lowest BCUT2D eigenvalue weighted by Crippen LogP contribution is -3.61. The number of carbonyl (C=O) groups is 1. The van der Waals surface area contributed by atoms with Crippen molar-refractivity contribution in [1.82, 2.24) is 4.90 Å². The molecular weight excluding hydrogens is 401 g/mol. The summed E-state index contributed by atoms with van der Waals surface area (Å²) in [4.78, 5) is 14.0. The number of benzene rings is 2. The van der Waals surface area contributed by atoms with Crippen LogP contribution in [0, 0.1) is 7.14 Å². The molecule has 0 fully saturated rings. The van der Waals surface area contributed by atoms with Gasteiger partial charge in [-0.15, -0.1) is 0 Å². The molecule has 2 aromatic rings. The smallest absolute Gasteiger partial charge is 0.410 e. The first-order valence-corrected chi connectivity index (χ1v) is 9.93. The maximum Gasteiger partial charge on any atom is 0.415 e. The van der Waals surface area contributed by atoms with Crippen molar-refractivity contribution in [3.8, 4) is 5.75 Å². The van der Waals surface area contributed by atoms with Crippen LogP contribution in [-0.2, 0) is 0 Å². The topological polar surface area (TPSA) is 29.5 Å². The fourth-order valence-corrected chi connectivity index (χ4v) is 4.55. The van der Waals surface area contributed by atoms with Gasteiger partial charge in [0.15, 0.2) is 7.14 Å². The van der Waals surface area contributed by atoms with Crippen molar-refractivity contribution < 1.29 is 30.7 Å². The van der Waals surface area contributed by atoms with Gasteiger partial charge in [-0.3, -0.25) is 0 Å². The number of nitrogens with zero attached hydrogens (tertiary/aromatic N) is 1. The highest BCUT2D eigenvalue weighted by atomic mass is 127. The number of ether oxygens (including phenoxy) is 1. The largest absolute Gasteiger partial charge is 0.415 e. The van der Waals surface area contributed by atoms with Crippen molar-refractivity contribution in [3.63, 3.8) is 0 Å². The van der Waals surface area contributed by atoms with Crippen LogP contribution < -0.4 is 25.9 Å². The summed E-state index contributed by atoms with van der Waals surface area (Å²) in [7, 11) is 0. The second-order valence-corrected chi connectivity index (χ2v) is 8.84. The van der Waals surface area contributed by atoms with Gasteiger partial charge in [-0.2, -0.15) is 0 Å². The van der Waals surface area contributed by atoms with Gasteiger partial charge in [-0.25, -0.2) is 4.79 Å². The van der Waals surface area contributed by atoms with Gasteiger partial charge in [0.1, 0.15) is 5.75 Å². The average Bonchev–Trinajstić information content (AvgIpc) is 2.49. The third-order valence-electron chi connectivity index (χ3n) is 3.29. The second kappa shape index (κ2) is 8.34. The van der Waals surface area contributed by atoms with E-state index in [9.17, 15) is 4.79 Å². The van der Waals surface area contributed by atoms with Gasteiger partial charge in [0.2, 0.25) is 0 Å². The van der Waals surface area contributed by atoms with E-state index in [-0.39, 0.29) is 39.4 Å². The SMILES string of the molecule is CC(C)N(C(=O)Oc1ccc([I+]c2ccccc2)cc1)C(C)C. The van der Waals surface area contributed by atoms with Crippen LogP contribution in [0.4, 0.5) is 4.79 Å². The minimum absolute atomic E-state index is 0.116. The van der Waals surface area contributed by atoms with Crippen molar-refractivity contribution in [2.45, 2.75) is 39.8 Å². The van der Waals surface area contributed by atoms with Crippen molar-refractivity contribution in [2.75, 3.05) is 0 Å². The first kappa shape index (κ1) is 17.8. The van der Waals surface area contributed by atoms with Gasteiger partial charge in [-0.05, 0) is 64.1 Å². The standard InChI is InChI=1S/C19H23INO2/c1-14(2)21(15(3)4)19(22)23-18-12-10-17(11-13-18)20-16-8-6-5-7-9-16/h5-15H,1-4H3/q+1. The third kappa shape index (κ3) is 5.23. The van der Waals surface area contributed by atoms with Crippen LogP contribution in [0.5, 0.6) is 5.75 Å². The summed E-state index contributed by atoms with van der Waals surface area (Å²) in [6.45, 7) is 7.98. The predicted octanol–water partition coefficient (Wildman–Crippen LogP) is 1.43. The molecule has 0 N–H and O–H groups in total. The number of amides is 1. The monoisotopic (exact) mass is 424 g/mol. The lowest BCUT2D eigenvalue weighted by Gasteiger charge is -2.29. The average molecular weight is 424 g/mol. The van der Waals surface area contributed by atoms with Crippen molar-refractivity contribution in [3.05, 3.63) is 61.7 Å². The molecule has 0 saturated heterocycles. The fourth-order valence-electron chi connectivity index (χ4n) is 2.34. The van der Waals surface area contributed by atoms with Gasteiger partial charge < -0.3 is 9.64 Å². The molecule has 3 nitrogen and oxygen atoms in total. The lowest BCUT2D eigenvalue weighted by atomic mass is 10.2. The summed E-state index contributed by atoms with van der Waals surface area (Å²) in [6, 6.07) is 18.6. The Balaban J connectivity index is 2.01. The van der Waals surface area contributed by atoms with Gasteiger partial charge in [-0.1, -0.05) is 18.2 Å². The number of halogens is 1. The molecule has 2 rings (SSSR count). The van der Waals surface area contributed by atoms with Crippen LogP contribution in [0.3, 0.4) is 0 Å². The minimum atomic E-state index is -0.291. The van der Waals surface area contributed by atoms with E-state index >= 15 is 0 Å². The van der Waals surface area contributed by atoms with E-state index in [1.54, 1.807) is 4.90 Å². The molecule has 0 aliphatic heterocycles. The van der Waals surface area contributed by atoms with Gasteiger partial charge >= 0.3 is 27.3 Å². The molecule has 2 aromatic carbocycles. The molecule has 0 aromatic heterocycles. The number of carbonyl (C=O) groups excluding carboxylic acids is 1. The highest BCUT2D eigenvalue weighted by molar-refractivity contribution is 5.71. The zero-order chi connectivity index (χ0) is 16.8. The zero-order valence-electron chi connectivity index (χ0n) is 14.0. The van der Waals surface area contributed by atoms with E-state index in [0.29, 0.717) is 5.75 Å². The summed E-state index contributed by atoms with van der Waals surface area (Å²) in [5.74, 6) is 0.599. The second-order valence-electron chi connectivity index (χ2n) is 5.81. The number of hydrogen-bond donors (Lipinski definition) is 0. The van der Waals surface area contributed by atoms with E-state index in [1.165, 1.54) is 7.14 Å². The van der Waals surface area contributed by atoms with E-state index in [1.807, 2.05) is 45.9 Å². The van der Waals surface area contributed by atoms with Crippen molar-refractivity contribution >= 4 is 6.09 Å². The minimum Gasteiger partial charge on any atom is -0.410 e. The summed E-state index contributed by atoms with van der Waals surface area (Å²) < 4.78 is 8.19. The van der Waals surface area contributed by atoms with Crippen LogP contribution in [0.2, 0.25) is 0 Å². The first-order chi connectivity index (χ1) is 11.0. The maximum atomic E-state index is 12.3. The molecule has 0 spiro atoms. The zero-order valence-corrected chi connectivity index (χ0v) is 16.2. The summed E-state index contributed by atoms with van der Waals surface area (Å²) in [6.07, 6.45) is -0.291. The lowest BCUT2D eigenvalue weighted by molar-refractivity contribution is -0.597. The molecule has 0 saturated carbocycles. The van der Waals surface area contributed by atoms with Gasteiger partial charge in [0, 0.05) is 12.1 Å². The molecule has 0 heterocycles. The Morgan fingerprint density at radius 2 is 1.39 bits per heavy atom. The summed E-state index contributed by atoms with van der Waals surface area (Å²) in [5.41, 5.74) is 0. The Morgan fingerprint density at radius 3 is 1.91 bits per heavy atom. The third-order valence-corrected chi connectivity index (χ3v) is 5.98. The van der Waals surface area contributed by atoms with E-state index in [4.69, 9.17) is 4.74 Å². The van der Waals surface area contributed by atoms with Gasteiger partial charge in [0.05, 0.1) is 0 Å². The van der Waals surface area contributed by atoms with Crippen LogP contribution in [0.25, 0.3) is 0 Å². The van der Waals surface area contributed by atoms with E-state index in [0.717, 1.165) is 0 Å². The molecule has 0 unspecified atom stereocenters. The number of hydrogen-bond acceptors (Lipinski definition) is 2. The molecule has 122 valence electrons. The van der Waals surface area contributed by atoms with Gasteiger partial charge in [0.25, 0.3) is 0 Å². The molecule has 23 heavy (non-hydrogen) atoms. The van der Waals surface area contributed by atoms with E-state index in [2.05, 4.69) is 36.4 Å². The summed E-state index contributed by atoms with van der Waals surface area (Å²) in [5, 5.41) is 0. The Morgan fingerprint density at radius 1 is 0.870 bits per heavy atom. The maximum absolute atomic E-state index is 12.3. The summed E-state index contributed by atoms with van der Waals surface area (Å²) >= 11 is -0.190. The molecule has 1 amide bonds. The molecule has 0 atom stereocenters. The highest BCUT2D eigenvalue weighted by Gasteiger charge is 2.22. The Hall–Kier alpha value is -1.56. The first-order valence-electron chi connectivity index (χ1n) is 7.77. The van der Waals surface area contributed by atoms with Crippen LogP contribution in [0.15, 0.2) is 54.6 Å². The molecular formula is C19H23INO2+. The highest BCUT2D eigenvalue weighted by Crippen LogP contribution is 2.13. The van der Waals surface area contributed by atoms with Crippen molar-refractivity contribution in [1.29, 1.82) is 0 Å². The number of rotatable bonds is 5. The molecule has 0 bridgehead atoms. The Labute approximate surface area is 148 Å². The quantitative estimate of drug-likeness (QED) is 0.680. The molecule has 4 heteroatoms. The normalized spacial score (nSPS) is 10.9. The predicted molar refractivity (Wildman–Crippen MR) is 88.4 cm³/mol. The molecule has 0 aliphatic rings. The van der Waals surface area contributed by atoms with E-state index < -0.39 is 0 Å². The Bertz CT molecular complexity index is 616. The van der Waals surface area contributed by atoms with Crippen LogP contribution >= 0.6 is 0 Å². The molecule has 0 aliphatic carbocycles. The van der Waals surface area contributed by atoms with Crippen LogP contribution in [-0.4, -0.2) is 23.1 Å². The molecule has 0 radical (unpaired) electrons. The van der Waals surface area contributed by atoms with Crippen molar-refractivity contribution in [2.24, 2.45) is 0 Å². The van der Waals surface area contributed by atoms with Crippen LogP contribution in [0.1, 0.15) is 27.7 Å².